The maximum Gasteiger partial charge on any atom is 0.335 e. The summed E-state index contributed by atoms with van der Waals surface area (Å²) < 4.78 is 0. The van der Waals surface area contributed by atoms with Gasteiger partial charge in [-0.1, -0.05) is 13.0 Å². The van der Waals surface area contributed by atoms with Crippen molar-refractivity contribution >= 4 is 5.97 Å². The first-order valence-corrected chi connectivity index (χ1v) is 6.19. The second-order valence-electron chi connectivity index (χ2n) is 5.41. The fraction of sp³-hybridized carbons (Fsp3) is 0.500. The van der Waals surface area contributed by atoms with Crippen molar-refractivity contribution in [3.05, 3.63) is 34.9 Å². The summed E-state index contributed by atoms with van der Waals surface area (Å²) in [5.41, 5.74) is 3.33. The van der Waals surface area contributed by atoms with Crippen LogP contribution in [-0.4, -0.2) is 24.2 Å². The lowest BCUT2D eigenvalue weighted by Gasteiger charge is -2.27. The maximum atomic E-state index is 11.0. The molecule has 0 radical (unpaired) electrons. The molecule has 1 aliphatic heterocycles. The van der Waals surface area contributed by atoms with E-state index in [1.54, 1.807) is 6.07 Å². The summed E-state index contributed by atoms with van der Waals surface area (Å²) in [5.74, 6) is -0.290. The van der Waals surface area contributed by atoms with Gasteiger partial charge in [-0.05, 0) is 54.0 Å². The molecule has 3 rings (SSSR count). The topological polar surface area (TPSA) is 49.3 Å². The van der Waals surface area contributed by atoms with E-state index in [9.17, 15) is 4.79 Å². The molecule has 2 atom stereocenters. The average Bonchev–Trinajstić information content (AvgIpc) is 2.87. The molecule has 0 amide bonds. The Hall–Kier alpha value is -1.35. The lowest BCUT2D eigenvalue weighted by Crippen LogP contribution is -2.27. The third-order valence-corrected chi connectivity index (χ3v) is 4.59. The normalized spacial score (nSPS) is 30.8. The van der Waals surface area contributed by atoms with E-state index >= 15 is 0 Å². The monoisotopic (exact) mass is 231 g/mol. The van der Waals surface area contributed by atoms with Crippen molar-refractivity contribution in [1.29, 1.82) is 0 Å². The highest BCUT2D eigenvalue weighted by Crippen LogP contribution is 2.50. The van der Waals surface area contributed by atoms with E-state index in [4.69, 9.17) is 5.11 Å². The van der Waals surface area contributed by atoms with Crippen molar-refractivity contribution in [2.45, 2.75) is 25.7 Å². The number of nitrogens with one attached hydrogen (secondary N) is 1. The van der Waals surface area contributed by atoms with Crippen molar-refractivity contribution in [3.8, 4) is 0 Å². The van der Waals surface area contributed by atoms with Crippen LogP contribution >= 0.6 is 0 Å². The minimum Gasteiger partial charge on any atom is -0.478 e. The smallest absolute Gasteiger partial charge is 0.335 e. The van der Waals surface area contributed by atoms with Crippen LogP contribution < -0.4 is 5.32 Å². The molecular weight excluding hydrogens is 214 g/mol. The zero-order chi connectivity index (χ0) is 12.0. The van der Waals surface area contributed by atoms with Crippen molar-refractivity contribution in [2.24, 2.45) is 5.41 Å². The molecule has 1 aliphatic carbocycles. The van der Waals surface area contributed by atoms with E-state index in [-0.39, 0.29) is 0 Å². The molecule has 0 aromatic heterocycles. The number of carboxylic acids is 1. The zero-order valence-corrected chi connectivity index (χ0v) is 9.99. The molecule has 1 aromatic carbocycles. The second-order valence-corrected chi connectivity index (χ2v) is 5.41. The number of carboxylic acid groups (broad SMARTS) is 1. The third kappa shape index (κ3) is 1.49. The number of benzene rings is 1. The van der Waals surface area contributed by atoms with Crippen molar-refractivity contribution in [1.82, 2.24) is 5.32 Å². The highest BCUT2D eigenvalue weighted by Gasteiger charge is 2.45. The number of fused-ring (bicyclic) bond motifs is 1. The Balaban J connectivity index is 2.01. The van der Waals surface area contributed by atoms with Crippen LogP contribution in [-0.2, 0) is 6.42 Å². The lowest BCUT2D eigenvalue weighted by atomic mass is 9.76. The maximum absolute atomic E-state index is 11.0. The Morgan fingerprint density at radius 3 is 3.00 bits per heavy atom. The highest BCUT2D eigenvalue weighted by molar-refractivity contribution is 5.88. The summed E-state index contributed by atoms with van der Waals surface area (Å²) in [6.45, 7) is 4.43. The molecule has 1 fully saturated rings. The molecule has 3 nitrogen and oxygen atoms in total. The molecule has 3 heteroatoms. The number of rotatable bonds is 1. The SMILES string of the molecule is CC1c2ccc(C(=O)O)cc2CC12CCNC2. The molecule has 17 heavy (non-hydrogen) atoms. The largest absolute Gasteiger partial charge is 0.478 e. The van der Waals surface area contributed by atoms with Crippen LogP contribution in [0.2, 0.25) is 0 Å². The van der Waals surface area contributed by atoms with Crippen molar-refractivity contribution in [2.75, 3.05) is 13.1 Å². The Morgan fingerprint density at radius 1 is 1.53 bits per heavy atom. The predicted octanol–water partition coefficient (Wildman–Crippen LogP) is 2.02. The zero-order valence-electron chi connectivity index (χ0n) is 9.99. The lowest BCUT2D eigenvalue weighted by molar-refractivity contribution is 0.0696. The first kappa shape index (κ1) is 10.8. The van der Waals surface area contributed by atoms with Crippen LogP contribution in [0, 0.1) is 5.41 Å². The van der Waals surface area contributed by atoms with Crippen LogP contribution in [0.3, 0.4) is 0 Å². The summed E-state index contributed by atoms with van der Waals surface area (Å²) in [6.07, 6.45) is 2.23. The van der Waals surface area contributed by atoms with Gasteiger partial charge in [-0.25, -0.2) is 4.79 Å². The molecular formula is C14H17NO2. The molecule has 2 aliphatic rings. The van der Waals surface area contributed by atoms with Gasteiger partial charge in [-0.15, -0.1) is 0 Å². The van der Waals surface area contributed by atoms with Gasteiger partial charge in [-0.2, -0.15) is 0 Å². The van der Waals surface area contributed by atoms with Crippen molar-refractivity contribution in [3.63, 3.8) is 0 Å². The van der Waals surface area contributed by atoms with Gasteiger partial charge in [0, 0.05) is 6.54 Å². The van der Waals surface area contributed by atoms with Crippen molar-refractivity contribution < 1.29 is 9.90 Å². The van der Waals surface area contributed by atoms with Gasteiger partial charge >= 0.3 is 5.97 Å². The summed E-state index contributed by atoms with van der Waals surface area (Å²) in [6, 6.07) is 5.61. The van der Waals surface area contributed by atoms with Gasteiger partial charge in [-0.3, -0.25) is 0 Å². The number of carbonyl (C=O) groups is 1. The summed E-state index contributed by atoms with van der Waals surface area (Å²) >= 11 is 0. The van der Waals surface area contributed by atoms with Gasteiger partial charge in [0.15, 0.2) is 0 Å². The quantitative estimate of drug-likeness (QED) is 0.777. The van der Waals surface area contributed by atoms with Crippen LogP contribution in [0.15, 0.2) is 18.2 Å². The Bertz CT molecular complexity index is 475. The Labute approximate surface area is 101 Å². The average molecular weight is 231 g/mol. The van der Waals surface area contributed by atoms with E-state index in [0.717, 1.165) is 19.5 Å². The predicted molar refractivity (Wildman–Crippen MR) is 65.4 cm³/mol. The Kier molecular flexibility index (Phi) is 2.26. The molecule has 1 saturated heterocycles. The Morgan fingerprint density at radius 2 is 2.35 bits per heavy atom. The summed E-state index contributed by atoms with van der Waals surface area (Å²) in [7, 11) is 0. The first-order valence-electron chi connectivity index (χ1n) is 6.19. The van der Waals surface area contributed by atoms with Crippen LogP contribution in [0.5, 0.6) is 0 Å². The van der Waals surface area contributed by atoms with Gasteiger partial charge in [0.05, 0.1) is 5.56 Å². The van der Waals surface area contributed by atoms with E-state index in [1.807, 2.05) is 12.1 Å². The van der Waals surface area contributed by atoms with E-state index in [0.29, 0.717) is 16.9 Å². The van der Waals surface area contributed by atoms with Gasteiger partial charge in [0.25, 0.3) is 0 Å². The van der Waals surface area contributed by atoms with Crippen LogP contribution in [0.25, 0.3) is 0 Å². The van der Waals surface area contributed by atoms with Gasteiger partial charge in [0.2, 0.25) is 0 Å². The van der Waals surface area contributed by atoms with Crippen LogP contribution in [0.1, 0.15) is 40.7 Å². The molecule has 1 aromatic rings. The number of hydrogen-bond acceptors (Lipinski definition) is 2. The minimum atomic E-state index is -0.828. The summed E-state index contributed by atoms with van der Waals surface area (Å²) in [4.78, 5) is 11.0. The third-order valence-electron chi connectivity index (χ3n) is 4.59. The van der Waals surface area contributed by atoms with E-state index in [2.05, 4.69) is 12.2 Å². The second kappa shape index (κ2) is 3.57. The number of aromatic carboxylic acids is 1. The molecule has 1 heterocycles. The van der Waals surface area contributed by atoms with E-state index in [1.165, 1.54) is 17.5 Å². The number of hydrogen-bond donors (Lipinski definition) is 2. The minimum absolute atomic E-state index is 0.333. The molecule has 2 unspecified atom stereocenters. The first-order chi connectivity index (χ1) is 8.12. The summed E-state index contributed by atoms with van der Waals surface area (Å²) in [5, 5.41) is 12.5. The molecule has 0 bridgehead atoms. The van der Waals surface area contributed by atoms with Gasteiger partial charge in [0.1, 0.15) is 0 Å². The van der Waals surface area contributed by atoms with Gasteiger partial charge < -0.3 is 10.4 Å². The molecule has 0 saturated carbocycles. The highest BCUT2D eigenvalue weighted by atomic mass is 16.4. The fourth-order valence-corrected chi connectivity index (χ4v) is 3.46. The van der Waals surface area contributed by atoms with Crippen LogP contribution in [0.4, 0.5) is 0 Å². The standard InChI is InChI=1S/C14H17NO2/c1-9-12-3-2-10(13(16)17)6-11(12)7-14(9)4-5-15-8-14/h2-3,6,9,15H,4-5,7-8H2,1H3,(H,16,17). The fourth-order valence-electron chi connectivity index (χ4n) is 3.46. The van der Waals surface area contributed by atoms with E-state index < -0.39 is 5.97 Å². The molecule has 1 spiro atoms. The molecule has 90 valence electrons. The molecule has 2 N–H and O–H groups in total.